The van der Waals surface area contributed by atoms with Gasteiger partial charge in [0.05, 0.1) is 0 Å². The van der Waals surface area contributed by atoms with Crippen molar-refractivity contribution in [2.75, 3.05) is 5.75 Å². The van der Waals surface area contributed by atoms with Gasteiger partial charge in [-0.1, -0.05) is 50.3 Å². The van der Waals surface area contributed by atoms with Gasteiger partial charge in [0.1, 0.15) is 17.7 Å². The quantitative estimate of drug-likeness (QED) is 0.310. The highest BCUT2D eigenvalue weighted by molar-refractivity contribution is 7.80. The Hall–Kier alpha value is -2.66. The average molecular weight is 530 g/mol. The summed E-state index contributed by atoms with van der Waals surface area (Å²) >= 11 is 4.36. The molecular formula is C29H43N3O4S. The average Bonchev–Trinajstić information content (AvgIpc) is 2.84. The zero-order valence-electron chi connectivity index (χ0n) is 23.1. The van der Waals surface area contributed by atoms with Crippen LogP contribution >= 0.6 is 12.6 Å². The van der Waals surface area contributed by atoms with E-state index in [1.54, 1.807) is 37.8 Å². The minimum Gasteiger partial charge on any atom is -0.444 e. The van der Waals surface area contributed by atoms with E-state index in [1.165, 1.54) is 0 Å². The van der Waals surface area contributed by atoms with Gasteiger partial charge in [0.25, 0.3) is 0 Å². The van der Waals surface area contributed by atoms with Gasteiger partial charge in [-0.3, -0.25) is 9.59 Å². The van der Waals surface area contributed by atoms with E-state index in [0.717, 1.165) is 32.1 Å². The third-order valence-corrected chi connectivity index (χ3v) is 7.16. The lowest BCUT2D eigenvalue weighted by Crippen LogP contribution is -2.60. The van der Waals surface area contributed by atoms with Crippen LogP contribution in [0.2, 0.25) is 0 Å². The summed E-state index contributed by atoms with van der Waals surface area (Å²) in [7, 11) is 0. The number of thiol groups is 1. The molecule has 0 bridgehead atoms. The van der Waals surface area contributed by atoms with E-state index in [-0.39, 0.29) is 17.7 Å². The smallest absolute Gasteiger partial charge is 0.408 e. The molecule has 2 atom stereocenters. The molecule has 1 aromatic rings. The minimum absolute atomic E-state index is 0.0299. The summed E-state index contributed by atoms with van der Waals surface area (Å²) < 4.78 is 5.38. The van der Waals surface area contributed by atoms with E-state index < -0.39 is 35.2 Å². The molecule has 1 aromatic carbocycles. The van der Waals surface area contributed by atoms with Crippen molar-refractivity contribution < 1.29 is 19.1 Å². The van der Waals surface area contributed by atoms with Gasteiger partial charge in [-0.15, -0.1) is 6.42 Å². The SMILES string of the molecule is C#Cc1ccccc1C(C(=O)NC1CCCCC1)N(C(=O)C(CS)NC(=O)OC(C)(C)C)C(C)(C)CC. The van der Waals surface area contributed by atoms with Gasteiger partial charge in [0.2, 0.25) is 11.8 Å². The van der Waals surface area contributed by atoms with Gasteiger partial charge >= 0.3 is 6.09 Å². The van der Waals surface area contributed by atoms with Crippen molar-refractivity contribution in [1.82, 2.24) is 15.5 Å². The number of carbonyl (C=O) groups is 3. The van der Waals surface area contributed by atoms with Gasteiger partial charge in [0.15, 0.2) is 0 Å². The number of terminal acetylenes is 1. The molecule has 2 unspecified atom stereocenters. The summed E-state index contributed by atoms with van der Waals surface area (Å²) in [4.78, 5) is 42.3. The van der Waals surface area contributed by atoms with E-state index >= 15 is 0 Å². The molecule has 3 amide bonds. The summed E-state index contributed by atoms with van der Waals surface area (Å²) in [6, 6.07) is 5.24. The molecule has 0 spiro atoms. The monoisotopic (exact) mass is 529 g/mol. The van der Waals surface area contributed by atoms with Crippen molar-refractivity contribution in [3.8, 4) is 12.3 Å². The molecule has 204 valence electrons. The van der Waals surface area contributed by atoms with Gasteiger partial charge in [-0.05, 0) is 65.5 Å². The number of amides is 3. The van der Waals surface area contributed by atoms with Crippen LogP contribution in [0.25, 0.3) is 0 Å². The molecule has 1 saturated carbocycles. The largest absolute Gasteiger partial charge is 0.444 e. The fourth-order valence-electron chi connectivity index (χ4n) is 4.54. The first-order chi connectivity index (χ1) is 17.3. The number of hydrogen-bond donors (Lipinski definition) is 3. The molecule has 37 heavy (non-hydrogen) atoms. The van der Waals surface area contributed by atoms with Gasteiger partial charge in [0, 0.05) is 22.9 Å². The van der Waals surface area contributed by atoms with E-state index in [4.69, 9.17) is 11.2 Å². The zero-order chi connectivity index (χ0) is 27.8. The summed E-state index contributed by atoms with van der Waals surface area (Å²) in [6.45, 7) is 11.0. The Balaban J connectivity index is 2.56. The molecule has 0 heterocycles. The Labute approximate surface area is 227 Å². The van der Waals surface area contributed by atoms with Crippen molar-refractivity contribution in [3.05, 3.63) is 35.4 Å². The fraction of sp³-hybridized carbons (Fsp3) is 0.621. The first-order valence-corrected chi connectivity index (χ1v) is 13.8. The predicted molar refractivity (Wildman–Crippen MR) is 150 cm³/mol. The number of benzene rings is 1. The minimum atomic E-state index is -1.01. The second-order valence-electron chi connectivity index (χ2n) is 11.2. The van der Waals surface area contributed by atoms with Crippen LogP contribution in [-0.2, 0) is 14.3 Å². The first kappa shape index (κ1) is 30.6. The van der Waals surface area contributed by atoms with E-state index in [1.807, 2.05) is 32.9 Å². The van der Waals surface area contributed by atoms with E-state index in [9.17, 15) is 14.4 Å². The molecule has 1 aliphatic rings. The summed E-state index contributed by atoms with van der Waals surface area (Å²) in [5, 5.41) is 5.85. The lowest BCUT2D eigenvalue weighted by atomic mass is 9.89. The van der Waals surface area contributed by atoms with Crippen molar-refractivity contribution in [1.29, 1.82) is 0 Å². The Morgan fingerprint density at radius 1 is 1.14 bits per heavy atom. The van der Waals surface area contributed by atoms with Crippen LogP contribution in [0.15, 0.2) is 24.3 Å². The number of carbonyl (C=O) groups excluding carboxylic acids is 3. The lowest BCUT2D eigenvalue weighted by Gasteiger charge is -2.45. The molecule has 7 nitrogen and oxygen atoms in total. The molecule has 0 radical (unpaired) electrons. The highest BCUT2D eigenvalue weighted by Crippen LogP contribution is 2.34. The van der Waals surface area contributed by atoms with Gasteiger partial charge in [-0.2, -0.15) is 12.6 Å². The van der Waals surface area contributed by atoms with Crippen molar-refractivity contribution in [2.45, 2.75) is 109 Å². The number of nitrogens with one attached hydrogen (secondary N) is 2. The van der Waals surface area contributed by atoms with Crippen LogP contribution < -0.4 is 10.6 Å². The Morgan fingerprint density at radius 3 is 2.30 bits per heavy atom. The fourth-order valence-corrected chi connectivity index (χ4v) is 4.79. The Bertz CT molecular complexity index is 990. The standard InChI is InChI=1S/C29H43N3O4S/c1-8-20-15-13-14-18-22(20)24(25(33)30-21-16-11-10-12-17-21)32(29(6,7)9-2)26(34)23(19-37)31-27(35)36-28(3,4)5/h1,13-15,18,21,23-24,37H,9-12,16-17,19H2,2-7H3,(H,30,33)(H,31,35). The molecule has 8 heteroatoms. The Kier molecular flexibility index (Phi) is 10.9. The molecule has 1 fully saturated rings. The molecule has 2 N–H and O–H groups in total. The van der Waals surface area contributed by atoms with Gasteiger partial charge < -0.3 is 20.3 Å². The van der Waals surface area contributed by atoms with E-state index in [0.29, 0.717) is 17.5 Å². The maximum Gasteiger partial charge on any atom is 0.408 e. The van der Waals surface area contributed by atoms with Crippen LogP contribution in [-0.4, -0.2) is 51.8 Å². The van der Waals surface area contributed by atoms with Crippen molar-refractivity contribution in [2.24, 2.45) is 0 Å². The molecular weight excluding hydrogens is 486 g/mol. The zero-order valence-corrected chi connectivity index (χ0v) is 24.0. The third-order valence-electron chi connectivity index (χ3n) is 6.80. The summed E-state index contributed by atoms with van der Waals surface area (Å²) in [5.41, 5.74) is -0.364. The molecule has 1 aliphatic carbocycles. The number of nitrogens with zero attached hydrogens (tertiary/aromatic N) is 1. The van der Waals surface area contributed by atoms with Crippen molar-refractivity contribution in [3.63, 3.8) is 0 Å². The van der Waals surface area contributed by atoms with Gasteiger partial charge in [-0.25, -0.2) is 4.79 Å². The van der Waals surface area contributed by atoms with Crippen LogP contribution in [0, 0.1) is 12.3 Å². The predicted octanol–water partition coefficient (Wildman–Crippen LogP) is 5.00. The maximum absolute atomic E-state index is 14.2. The lowest BCUT2D eigenvalue weighted by molar-refractivity contribution is -0.149. The second kappa shape index (κ2) is 13.2. The normalized spacial score (nSPS) is 16.2. The Morgan fingerprint density at radius 2 is 1.76 bits per heavy atom. The van der Waals surface area contributed by atoms with Crippen LogP contribution in [0.4, 0.5) is 4.79 Å². The van der Waals surface area contributed by atoms with Crippen LogP contribution in [0.5, 0.6) is 0 Å². The molecule has 0 aliphatic heterocycles. The molecule has 0 saturated heterocycles. The number of ether oxygens (including phenoxy) is 1. The maximum atomic E-state index is 14.2. The number of alkyl carbamates (subject to hydrolysis) is 1. The van der Waals surface area contributed by atoms with Crippen molar-refractivity contribution >= 4 is 30.5 Å². The molecule has 2 rings (SSSR count). The van der Waals surface area contributed by atoms with Crippen LogP contribution in [0.3, 0.4) is 0 Å². The second-order valence-corrected chi connectivity index (χ2v) is 11.6. The third kappa shape index (κ3) is 8.43. The number of hydrogen-bond acceptors (Lipinski definition) is 5. The van der Waals surface area contributed by atoms with Crippen LogP contribution in [0.1, 0.15) is 97.2 Å². The summed E-state index contributed by atoms with van der Waals surface area (Å²) in [5.74, 6) is 2.00. The highest BCUT2D eigenvalue weighted by Gasteiger charge is 2.43. The first-order valence-electron chi connectivity index (χ1n) is 13.1. The summed E-state index contributed by atoms with van der Waals surface area (Å²) in [6.07, 6.45) is 10.7. The topological polar surface area (TPSA) is 87.7 Å². The number of rotatable bonds is 9. The highest BCUT2D eigenvalue weighted by atomic mass is 32.1. The van der Waals surface area contributed by atoms with E-state index in [2.05, 4.69) is 29.2 Å². The molecule has 0 aromatic heterocycles.